The summed E-state index contributed by atoms with van der Waals surface area (Å²) in [6.07, 6.45) is 0.395. The molecule has 0 fully saturated rings. The summed E-state index contributed by atoms with van der Waals surface area (Å²) in [7, 11) is 0. The Morgan fingerprint density at radius 3 is 2.71 bits per heavy atom. The molecule has 0 saturated carbocycles. The molecule has 0 bridgehead atoms. The number of carbonyl (C=O) groups excluding carboxylic acids is 1. The first-order valence-electron chi connectivity index (χ1n) is 10.5. The van der Waals surface area contributed by atoms with Gasteiger partial charge in [-0.1, -0.05) is 30.3 Å². The van der Waals surface area contributed by atoms with Crippen molar-refractivity contribution in [1.29, 1.82) is 0 Å². The Kier molecular flexibility index (Phi) is 7.69. The van der Waals surface area contributed by atoms with E-state index in [0.29, 0.717) is 22.8 Å². The van der Waals surface area contributed by atoms with Crippen LogP contribution in [0, 0.1) is 0 Å². The summed E-state index contributed by atoms with van der Waals surface area (Å²) in [6.45, 7) is 2.05. The number of benzene rings is 1. The van der Waals surface area contributed by atoms with Crippen LogP contribution in [-0.4, -0.2) is 26.9 Å². The summed E-state index contributed by atoms with van der Waals surface area (Å²) in [5.41, 5.74) is -0.558. The lowest BCUT2D eigenvalue weighted by molar-refractivity contribution is -0.137. The molecule has 198 valence electrons. The van der Waals surface area contributed by atoms with Gasteiger partial charge in [0.15, 0.2) is 22.3 Å². The summed E-state index contributed by atoms with van der Waals surface area (Å²) < 4.78 is 76.1. The lowest BCUT2D eigenvalue weighted by atomic mass is 10.1. The molecule has 0 unspecified atom stereocenters. The van der Waals surface area contributed by atoms with Crippen molar-refractivity contribution >= 4 is 51.8 Å². The first-order chi connectivity index (χ1) is 17.9. The second-order valence-electron chi connectivity index (χ2n) is 7.60. The number of ether oxygens (including phenoxy) is 2. The van der Waals surface area contributed by atoms with E-state index >= 15 is 0 Å². The van der Waals surface area contributed by atoms with Crippen LogP contribution in [0.5, 0.6) is 11.5 Å². The standard InChI is InChI=1S/C24H16ClF5N4O3S/c1-12(2)36-19-13(4-3-5-17(19)37-22(26)27)6-7-16-18(34-8-9-38-23(34)32-16)21(35)33-20-15(25)10-14(11-31-20)24(28,29)30/h3-11,22H,1H2,2H3,(H,31,33,35)/b7-6+. The lowest BCUT2D eigenvalue weighted by Crippen LogP contribution is -2.17. The van der Waals surface area contributed by atoms with Crippen molar-refractivity contribution in [2.45, 2.75) is 19.7 Å². The van der Waals surface area contributed by atoms with Gasteiger partial charge >= 0.3 is 12.8 Å². The molecule has 38 heavy (non-hydrogen) atoms. The number of allylic oxidation sites excluding steroid dienone is 1. The summed E-state index contributed by atoms with van der Waals surface area (Å²) >= 11 is 7.16. The number of amides is 1. The fraction of sp³-hybridized carbons (Fsp3) is 0.125. The predicted octanol–water partition coefficient (Wildman–Crippen LogP) is 7.40. The maximum absolute atomic E-state index is 13.2. The number of para-hydroxylation sites is 1. The Morgan fingerprint density at radius 1 is 1.29 bits per heavy atom. The smallest absolute Gasteiger partial charge is 0.417 e. The Balaban J connectivity index is 1.70. The normalized spacial score (nSPS) is 11.9. The van der Waals surface area contributed by atoms with Gasteiger partial charge in [0.05, 0.1) is 22.0 Å². The van der Waals surface area contributed by atoms with Crippen LogP contribution in [0.3, 0.4) is 0 Å². The van der Waals surface area contributed by atoms with Gasteiger partial charge in [0, 0.05) is 23.3 Å². The molecule has 1 amide bonds. The van der Waals surface area contributed by atoms with E-state index in [1.807, 2.05) is 0 Å². The third-order valence-corrected chi connectivity index (χ3v) is 5.87. The average molecular weight is 571 g/mol. The Bertz CT molecular complexity index is 1550. The molecule has 7 nitrogen and oxygen atoms in total. The fourth-order valence-corrected chi connectivity index (χ4v) is 4.24. The first-order valence-corrected chi connectivity index (χ1v) is 11.8. The molecular weight excluding hydrogens is 555 g/mol. The predicted molar refractivity (Wildman–Crippen MR) is 133 cm³/mol. The number of hydrogen-bond donors (Lipinski definition) is 1. The summed E-state index contributed by atoms with van der Waals surface area (Å²) in [4.78, 5) is 21.7. The van der Waals surface area contributed by atoms with Gasteiger partial charge < -0.3 is 14.8 Å². The van der Waals surface area contributed by atoms with Crippen molar-refractivity contribution < 1.29 is 36.2 Å². The molecule has 0 radical (unpaired) electrons. The van der Waals surface area contributed by atoms with Crippen LogP contribution in [0.4, 0.5) is 27.8 Å². The number of alkyl halides is 5. The van der Waals surface area contributed by atoms with Crippen LogP contribution >= 0.6 is 22.9 Å². The summed E-state index contributed by atoms with van der Waals surface area (Å²) in [5.74, 6) is -1.06. The summed E-state index contributed by atoms with van der Waals surface area (Å²) in [6, 6.07) is 4.99. The van der Waals surface area contributed by atoms with Crippen LogP contribution in [0.15, 0.2) is 54.4 Å². The Labute approximate surface area is 220 Å². The second kappa shape index (κ2) is 10.8. The fourth-order valence-electron chi connectivity index (χ4n) is 3.30. The van der Waals surface area contributed by atoms with Crippen molar-refractivity contribution in [1.82, 2.24) is 14.4 Å². The average Bonchev–Trinajstić information content (AvgIpc) is 3.40. The molecule has 0 spiro atoms. The first kappa shape index (κ1) is 27.1. The van der Waals surface area contributed by atoms with Gasteiger partial charge in [-0.2, -0.15) is 22.0 Å². The monoisotopic (exact) mass is 570 g/mol. The highest BCUT2D eigenvalue weighted by Gasteiger charge is 2.32. The van der Waals surface area contributed by atoms with E-state index < -0.39 is 29.3 Å². The van der Waals surface area contributed by atoms with E-state index in [9.17, 15) is 26.7 Å². The van der Waals surface area contributed by atoms with Gasteiger partial charge in [0.2, 0.25) is 0 Å². The minimum Gasteiger partial charge on any atom is -0.458 e. The van der Waals surface area contributed by atoms with Crippen LogP contribution < -0.4 is 14.8 Å². The molecule has 3 aromatic heterocycles. The Morgan fingerprint density at radius 2 is 2.05 bits per heavy atom. The lowest BCUT2D eigenvalue weighted by Gasteiger charge is -2.14. The maximum atomic E-state index is 13.2. The van der Waals surface area contributed by atoms with Gasteiger partial charge in [-0.15, -0.1) is 11.3 Å². The van der Waals surface area contributed by atoms with Gasteiger partial charge in [0.25, 0.3) is 5.91 Å². The molecule has 0 aliphatic carbocycles. The van der Waals surface area contributed by atoms with E-state index in [-0.39, 0.29) is 34.5 Å². The number of imidazole rings is 1. The minimum absolute atomic E-state index is 0.0238. The SMILES string of the molecule is C=C(C)Oc1c(/C=C/c2nc3sccn3c2C(=O)Nc2ncc(C(F)(F)F)cc2Cl)cccc1OC(F)F. The molecule has 0 aliphatic rings. The highest BCUT2D eigenvalue weighted by molar-refractivity contribution is 7.15. The molecule has 0 aliphatic heterocycles. The number of carbonyl (C=O) groups is 1. The van der Waals surface area contributed by atoms with Gasteiger partial charge in [0.1, 0.15) is 5.69 Å². The molecule has 1 aromatic carbocycles. The molecule has 0 atom stereocenters. The number of hydrogen-bond acceptors (Lipinski definition) is 6. The number of anilines is 1. The minimum atomic E-state index is -4.66. The molecule has 4 aromatic rings. The quantitative estimate of drug-likeness (QED) is 0.176. The number of aromatic nitrogens is 3. The van der Waals surface area contributed by atoms with E-state index in [4.69, 9.17) is 16.3 Å². The van der Waals surface area contributed by atoms with Crippen molar-refractivity contribution in [3.05, 3.63) is 81.9 Å². The van der Waals surface area contributed by atoms with Crippen LogP contribution in [-0.2, 0) is 6.18 Å². The number of fused-ring (bicyclic) bond motifs is 1. The zero-order valence-corrected chi connectivity index (χ0v) is 20.8. The topological polar surface area (TPSA) is 77.8 Å². The molecule has 14 heteroatoms. The van der Waals surface area contributed by atoms with Crippen molar-refractivity contribution in [3.8, 4) is 11.5 Å². The third kappa shape index (κ3) is 5.94. The van der Waals surface area contributed by atoms with Gasteiger partial charge in [-0.25, -0.2) is 9.97 Å². The number of nitrogens with zero attached hydrogens (tertiary/aromatic N) is 3. The largest absolute Gasteiger partial charge is 0.458 e. The number of rotatable bonds is 8. The Hall–Kier alpha value is -3.97. The van der Waals surface area contributed by atoms with Crippen molar-refractivity contribution in [2.24, 2.45) is 0 Å². The number of halogens is 6. The highest BCUT2D eigenvalue weighted by atomic mass is 35.5. The van der Waals surface area contributed by atoms with Crippen molar-refractivity contribution in [2.75, 3.05) is 5.32 Å². The van der Waals surface area contributed by atoms with Crippen LogP contribution in [0.25, 0.3) is 17.1 Å². The zero-order chi connectivity index (χ0) is 27.6. The number of nitrogens with one attached hydrogen (secondary N) is 1. The zero-order valence-electron chi connectivity index (χ0n) is 19.2. The molecule has 4 rings (SSSR count). The van der Waals surface area contributed by atoms with E-state index in [0.717, 1.165) is 0 Å². The summed E-state index contributed by atoms with van der Waals surface area (Å²) in [5, 5.41) is 3.67. The van der Waals surface area contributed by atoms with E-state index in [1.165, 1.54) is 46.9 Å². The number of thiazole rings is 1. The van der Waals surface area contributed by atoms with Gasteiger partial charge in [-0.05, 0) is 31.2 Å². The van der Waals surface area contributed by atoms with Crippen LogP contribution in [0.2, 0.25) is 5.02 Å². The van der Waals surface area contributed by atoms with E-state index in [2.05, 4.69) is 26.6 Å². The van der Waals surface area contributed by atoms with E-state index in [1.54, 1.807) is 17.6 Å². The second-order valence-corrected chi connectivity index (χ2v) is 8.88. The molecular formula is C24H16ClF5N4O3S. The molecule has 0 saturated heterocycles. The maximum Gasteiger partial charge on any atom is 0.417 e. The third-order valence-electron chi connectivity index (χ3n) is 4.83. The van der Waals surface area contributed by atoms with Gasteiger partial charge in [-0.3, -0.25) is 9.20 Å². The van der Waals surface area contributed by atoms with Crippen molar-refractivity contribution in [3.63, 3.8) is 0 Å². The molecule has 1 N–H and O–H groups in total. The highest BCUT2D eigenvalue weighted by Crippen LogP contribution is 2.36. The molecule has 3 heterocycles. The number of pyridine rings is 1. The van der Waals surface area contributed by atoms with Crippen LogP contribution in [0.1, 0.15) is 34.2 Å².